The van der Waals surface area contributed by atoms with Gasteiger partial charge in [0.2, 0.25) is 5.75 Å². The molecule has 1 aromatic rings. The van der Waals surface area contributed by atoms with Gasteiger partial charge in [-0.3, -0.25) is 0 Å². The molecule has 0 spiro atoms. The first-order valence-electron chi connectivity index (χ1n) is 6.27. The van der Waals surface area contributed by atoms with Crippen LogP contribution in [0.25, 0.3) is 0 Å². The molecular formula is C14H20O5. The van der Waals surface area contributed by atoms with E-state index in [4.69, 9.17) is 18.9 Å². The molecule has 1 saturated heterocycles. The van der Waals surface area contributed by atoms with Crippen LogP contribution >= 0.6 is 0 Å². The molecule has 0 bridgehead atoms. The smallest absolute Gasteiger partial charge is 0.203 e. The lowest BCUT2D eigenvalue weighted by Gasteiger charge is -2.22. The predicted octanol–water partition coefficient (Wildman–Crippen LogP) is 1.78. The summed E-state index contributed by atoms with van der Waals surface area (Å²) >= 11 is 0. The Morgan fingerprint density at radius 3 is 2.42 bits per heavy atom. The van der Waals surface area contributed by atoms with E-state index in [-0.39, 0.29) is 5.92 Å². The van der Waals surface area contributed by atoms with Gasteiger partial charge < -0.3 is 24.1 Å². The number of benzene rings is 1. The van der Waals surface area contributed by atoms with Crippen LogP contribution in [0.5, 0.6) is 17.2 Å². The fourth-order valence-electron chi connectivity index (χ4n) is 2.41. The summed E-state index contributed by atoms with van der Waals surface area (Å²) in [5, 5.41) is 10.5. The van der Waals surface area contributed by atoms with Gasteiger partial charge in [0.15, 0.2) is 11.5 Å². The first-order chi connectivity index (χ1) is 9.22. The Labute approximate surface area is 113 Å². The summed E-state index contributed by atoms with van der Waals surface area (Å²) in [5.41, 5.74) is 0.704. The number of hydrogen-bond donors (Lipinski definition) is 1. The van der Waals surface area contributed by atoms with Gasteiger partial charge in [0, 0.05) is 18.1 Å². The molecule has 2 atom stereocenters. The summed E-state index contributed by atoms with van der Waals surface area (Å²) in [4.78, 5) is 0. The van der Waals surface area contributed by atoms with E-state index < -0.39 is 6.10 Å². The molecule has 106 valence electrons. The van der Waals surface area contributed by atoms with Crippen molar-refractivity contribution in [3.8, 4) is 17.2 Å². The molecule has 1 N–H and O–H groups in total. The molecule has 5 heteroatoms. The number of methoxy groups -OCH3 is 3. The van der Waals surface area contributed by atoms with Crippen molar-refractivity contribution in [1.82, 2.24) is 0 Å². The Hall–Kier alpha value is -1.46. The second-order valence-corrected chi connectivity index (χ2v) is 4.49. The Kier molecular flexibility index (Phi) is 4.50. The Morgan fingerprint density at radius 1 is 1.16 bits per heavy atom. The molecular weight excluding hydrogens is 248 g/mol. The van der Waals surface area contributed by atoms with Crippen molar-refractivity contribution in [3.63, 3.8) is 0 Å². The van der Waals surface area contributed by atoms with E-state index in [0.29, 0.717) is 36.0 Å². The van der Waals surface area contributed by atoms with Gasteiger partial charge in [0.05, 0.1) is 34.0 Å². The van der Waals surface area contributed by atoms with Crippen molar-refractivity contribution >= 4 is 0 Å². The number of hydrogen-bond acceptors (Lipinski definition) is 5. The van der Waals surface area contributed by atoms with Crippen molar-refractivity contribution in [2.75, 3.05) is 34.5 Å². The SMILES string of the molecule is COc1ccc(C(O)C2CCOC2)c(OC)c1OC. The van der Waals surface area contributed by atoms with E-state index >= 15 is 0 Å². The number of ether oxygens (including phenoxy) is 4. The van der Waals surface area contributed by atoms with Gasteiger partial charge >= 0.3 is 0 Å². The molecule has 0 aromatic heterocycles. The van der Waals surface area contributed by atoms with Crippen LogP contribution in [-0.2, 0) is 4.74 Å². The van der Waals surface area contributed by atoms with Gasteiger partial charge in [-0.05, 0) is 18.6 Å². The second-order valence-electron chi connectivity index (χ2n) is 4.49. The molecule has 0 aliphatic carbocycles. The van der Waals surface area contributed by atoms with E-state index in [1.54, 1.807) is 27.4 Å². The molecule has 2 rings (SSSR count). The summed E-state index contributed by atoms with van der Waals surface area (Å²) in [6, 6.07) is 3.58. The van der Waals surface area contributed by atoms with Crippen molar-refractivity contribution in [2.24, 2.45) is 5.92 Å². The summed E-state index contributed by atoms with van der Waals surface area (Å²) in [6.45, 7) is 1.26. The maximum absolute atomic E-state index is 10.5. The van der Waals surface area contributed by atoms with E-state index in [1.807, 2.05) is 6.07 Å². The lowest BCUT2D eigenvalue weighted by Crippen LogP contribution is -2.14. The van der Waals surface area contributed by atoms with Gasteiger partial charge in [-0.2, -0.15) is 0 Å². The normalized spacial score (nSPS) is 20.1. The van der Waals surface area contributed by atoms with Crippen LogP contribution in [-0.4, -0.2) is 39.6 Å². The van der Waals surface area contributed by atoms with Crippen LogP contribution < -0.4 is 14.2 Å². The summed E-state index contributed by atoms with van der Waals surface area (Å²) in [7, 11) is 4.67. The van der Waals surface area contributed by atoms with E-state index in [9.17, 15) is 5.11 Å². The van der Waals surface area contributed by atoms with Gasteiger partial charge in [-0.1, -0.05) is 0 Å². The lowest BCUT2D eigenvalue weighted by atomic mass is 9.94. The quantitative estimate of drug-likeness (QED) is 0.882. The van der Waals surface area contributed by atoms with Crippen LogP contribution in [0.2, 0.25) is 0 Å². The molecule has 0 amide bonds. The third-order valence-electron chi connectivity index (χ3n) is 3.46. The molecule has 1 aliphatic rings. The maximum atomic E-state index is 10.5. The minimum atomic E-state index is -0.628. The third-order valence-corrected chi connectivity index (χ3v) is 3.46. The standard InChI is InChI=1S/C14H20O5/c1-16-11-5-4-10(13(17-2)14(11)18-3)12(15)9-6-7-19-8-9/h4-5,9,12,15H,6-8H2,1-3H3. The highest BCUT2D eigenvalue weighted by Gasteiger charge is 2.29. The Morgan fingerprint density at radius 2 is 1.89 bits per heavy atom. The predicted molar refractivity (Wildman–Crippen MR) is 70.0 cm³/mol. The zero-order valence-electron chi connectivity index (χ0n) is 11.5. The van der Waals surface area contributed by atoms with Crippen molar-refractivity contribution in [2.45, 2.75) is 12.5 Å². The second kappa shape index (κ2) is 6.12. The van der Waals surface area contributed by atoms with Gasteiger partial charge in [-0.25, -0.2) is 0 Å². The monoisotopic (exact) mass is 268 g/mol. The average molecular weight is 268 g/mol. The first kappa shape index (κ1) is 14.0. The molecule has 1 aromatic carbocycles. The van der Waals surface area contributed by atoms with Crippen molar-refractivity contribution in [1.29, 1.82) is 0 Å². The van der Waals surface area contributed by atoms with E-state index in [0.717, 1.165) is 6.42 Å². The molecule has 19 heavy (non-hydrogen) atoms. The third kappa shape index (κ3) is 2.62. The fourth-order valence-corrected chi connectivity index (χ4v) is 2.41. The summed E-state index contributed by atoms with van der Waals surface area (Å²) < 4.78 is 21.2. The minimum Gasteiger partial charge on any atom is -0.493 e. The topological polar surface area (TPSA) is 57.2 Å². The Balaban J connectivity index is 2.38. The number of aliphatic hydroxyl groups is 1. The molecule has 1 aliphatic heterocycles. The molecule has 0 saturated carbocycles. The number of rotatable bonds is 5. The van der Waals surface area contributed by atoms with Gasteiger partial charge in [-0.15, -0.1) is 0 Å². The van der Waals surface area contributed by atoms with E-state index in [1.165, 1.54) is 0 Å². The average Bonchev–Trinajstić information content (AvgIpc) is 2.98. The van der Waals surface area contributed by atoms with Crippen molar-refractivity contribution < 1.29 is 24.1 Å². The largest absolute Gasteiger partial charge is 0.493 e. The molecule has 1 heterocycles. The minimum absolute atomic E-state index is 0.0898. The highest BCUT2D eigenvalue weighted by Crippen LogP contribution is 2.44. The first-order valence-corrected chi connectivity index (χ1v) is 6.27. The molecule has 2 unspecified atom stereocenters. The summed E-state index contributed by atoms with van der Waals surface area (Å²) in [5.74, 6) is 1.69. The molecule has 5 nitrogen and oxygen atoms in total. The summed E-state index contributed by atoms with van der Waals surface area (Å²) in [6.07, 6.45) is 0.218. The van der Waals surface area contributed by atoms with Gasteiger partial charge in [0.1, 0.15) is 0 Å². The molecule has 0 radical (unpaired) electrons. The highest BCUT2D eigenvalue weighted by atomic mass is 16.5. The van der Waals surface area contributed by atoms with Crippen LogP contribution in [0, 0.1) is 5.92 Å². The maximum Gasteiger partial charge on any atom is 0.203 e. The van der Waals surface area contributed by atoms with Crippen LogP contribution in [0.1, 0.15) is 18.1 Å². The fraction of sp³-hybridized carbons (Fsp3) is 0.571. The lowest BCUT2D eigenvalue weighted by molar-refractivity contribution is 0.0892. The van der Waals surface area contributed by atoms with Crippen LogP contribution in [0.4, 0.5) is 0 Å². The zero-order valence-corrected chi connectivity index (χ0v) is 11.5. The van der Waals surface area contributed by atoms with E-state index in [2.05, 4.69) is 0 Å². The Bertz CT molecular complexity index is 426. The zero-order chi connectivity index (χ0) is 13.8. The highest BCUT2D eigenvalue weighted by molar-refractivity contribution is 5.56. The van der Waals surface area contributed by atoms with Crippen LogP contribution in [0.3, 0.4) is 0 Å². The number of aliphatic hydroxyl groups excluding tert-OH is 1. The molecule has 1 fully saturated rings. The van der Waals surface area contributed by atoms with Crippen molar-refractivity contribution in [3.05, 3.63) is 17.7 Å². The van der Waals surface area contributed by atoms with Crippen LogP contribution in [0.15, 0.2) is 12.1 Å². The van der Waals surface area contributed by atoms with Gasteiger partial charge in [0.25, 0.3) is 0 Å².